The van der Waals surface area contributed by atoms with Crippen LogP contribution in [-0.2, 0) is 0 Å². The monoisotopic (exact) mass is 218 g/mol. The summed E-state index contributed by atoms with van der Waals surface area (Å²) >= 11 is 0. The predicted molar refractivity (Wildman–Crippen MR) is 60.3 cm³/mol. The zero-order chi connectivity index (χ0) is 11.1. The van der Waals surface area contributed by atoms with Crippen LogP contribution >= 0.6 is 0 Å². The van der Waals surface area contributed by atoms with E-state index in [4.69, 9.17) is 0 Å². The van der Waals surface area contributed by atoms with E-state index in [1.54, 1.807) is 12.1 Å². The Kier molecular flexibility index (Phi) is 2.17. The Labute approximate surface area is 93.8 Å². The lowest BCUT2D eigenvalue weighted by molar-refractivity contribution is -0.384. The van der Waals surface area contributed by atoms with Gasteiger partial charge in [0.15, 0.2) is 0 Å². The summed E-state index contributed by atoms with van der Waals surface area (Å²) in [6, 6.07) is 7.06. The van der Waals surface area contributed by atoms with Gasteiger partial charge in [0.25, 0.3) is 5.69 Å². The molecule has 1 saturated carbocycles. The van der Waals surface area contributed by atoms with Gasteiger partial charge >= 0.3 is 0 Å². The van der Waals surface area contributed by atoms with Crippen molar-refractivity contribution >= 4 is 5.69 Å². The molecule has 16 heavy (non-hydrogen) atoms. The standard InChI is InChI=1S/C12H14N2O2/c15-14(16)10-3-1-8(2-4-10)11-5-9-6-13-7-12(9)11/h1-4,9,11-13H,5-7H2/t9-,11-,12+/m0/s1. The van der Waals surface area contributed by atoms with Gasteiger partial charge in [-0.15, -0.1) is 0 Å². The van der Waals surface area contributed by atoms with Crippen LogP contribution in [0.15, 0.2) is 24.3 Å². The van der Waals surface area contributed by atoms with Crippen LogP contribution in [0.4, 0.5) is 5.69 Å². The van der Waals surface area contributed by atoms with E-state index < -0.39 is 0 Å². The number of nitro benzene ring substituents is 1. The van der Waals surface area contributed by atoms with E-state index in [1.807, 2.05) is 12.1 Å². The van der Waals surface area contributed by atoms with Crippen LogP contribution in [0.25, 0.3) is 0 Å². The van der Waals surface area contributed by atoms with Crippen LogP contribution in [0, 0.1) is 22.0 Å². The Morgan fingerprint density at radius 3 is 2.62 bits per heavy atom. The van der Waals surface area contributed by atoms with Crippen molar-refractivity contribution in [1.82, 2.24) is 5.32 Å². The summed E-state index contributed by atoms with van der Waals surface area (Å²) in [5.74, 6) is 2.20. The fourth-order valence-corrected chi connectivity index (χ4v) is 3.01. The highest BCUT2D eigenvalue weighted by Gasteiger charge is 2.44. The van der Waals surface area contributed by atoms with Gasteiger partial charge < -0.3 is 5.32 Å². The zero-order valence-electron chi connectivity index (χ0n) is 8.93. The molecule has 84 valence electrons. The molecule has 3 atom stereocenters. The van der Waals surface area contributed by atoms with E-state index in [9.17, 15) is 10.1 Å². The van der Waals surface area contributed by atoms with Gasteiger partial charge in [0.2, 0.25) is 0 Å². The topological polar surface area (TPSA) is 55.2 Å². The van der Waals surface area contributed by atoms with Crippen LogP contribution in [-0.4, -0.2) is 18.0 Å². The molecule has 3 rings (SSSR count). The molecule has 2 aliphatic rings. The van der Waals surface area contributed by atoms with Crippen molar-refractivity contribution in [2.45, 2.75) is 12.3 Å². The second-order valence-corrected chi connectivity index (χ2v) is 4.77. The van der Waals surface area contributed by atoms with Crippen molar-refractivity contribution in [1.29, 1.82) is 0 Å². The third-order valence-electron chi connectivity index (χ3n) is 4.00. The summed E-state index contributed by atoms with van der Waals surface area (Å²) in [5.41, 5.74) is 1.44. The number of fused-ring (bicyclic) bond motifs is 1. The first-order valence-electron chi connectivity index (χ1n) is 5.71. The highest BCUT2D eigenvalue weighted by Crippen LogP contribution is 2.49. The predicted octanol–water partition coefficient (Wildman–Crippen LogP) is 1.92. The summed E-state index contributed by atoms with van der Waals surface area (Å²) in [4.78, 5) is 10.2. The number of rotatable bonds is 2. The molecular formula is C12H14N2O2. The summed E-state index contributed by atoms with van der Waals surface area (Å²) in [7, 11) is 0. The number of nitrogens with zero attached hydrogens (tertiary/aromatic N) is 1. The second kappa shape index (κ2) is 3.56. The Bertz CT molecular complexity index is 416. The molecule has 0 amide bonds. The summed E-state index contributed by atoms with van der Waals surface area (Å²) in [5, 5.41) is 13.9. The van der Waals surface area contributed by atoms with Crippen molar-refractivity contribution in [3.8, 4) is 0 Å². The molecule has 1 heterocycles. The number of nitro groups is 1. The fourth-order valence-electron chi connectivity index (χ4n) is 3.01. The van der Waals surface area contributed by atoms with Gasteiger partial charge in [0.05, 0.1) is 4.92 Å². The molecule has 4 nitrogen and oxygen atoms in total. The highest BCUT2D eigenvalue weighted by atomic mass is 16.6. The molecule has 1 aromatic rings. The minimum Gasteiger partial charge on any atom is -0.316 e. The number of benzene rings is 1. The SMILES string of the molecule is O=[N+]([O-])c1ccc([C@@H]2C[C@H]3CNC[C@H]32)cc1. The van der Waals surface area contributed by atoms with Crippen LogP contribution in [0.2, 0.25) is 0 Å². The van der Waals surface area contributed by atoms with E-state index in [0.29, 0.717) is 5.92 Å². The molecule has 1 aromatic carbocycles. The Hall–Kier alpha value is -1.42. The fraction of sp³-hybridized carbons (Fsp3) is 0.500. The first-order valence-corrected chi connectivity index (χ1v) is 5.71. The Morgan fingerprint density at radius 1 is 1.25 bits per heavy atom. The van der Waals surface area contributed by atoms with Crippen molar-refractivity contribution in [2.24, 2.45) is 11.8 Å². The first kappa shape index (κ1) is 9.78. The molecular weight excluding hydrogens is 204 g/mol. The van der Waals surface area contributed by atoms with Crippen LogP contribution in [0.5, 0.6) is 0 Å². The maximum absolute atomic E-state index is 10.5. The van der Waals surface area contributed by atoms with Gasteiger partial charge in [-0.2, -0.15) is 0 Å². The van der Waals surface area contributed by atoms with Crippen molar-refractivity contribution in [3.63, 3.8) is 0 Å². The third kappa shape index (κ3) is 1.41. The van der Waals surface area contributed by atoms with E-state index in [0.717, 1.165) is 24.9 Å². The van der Waals surface area contributed by atoms with E-state index in [-0.39, 0.29) is 10.6 Å². The van der Waals surface area contributed by atoms with E-state index in [1.165, 1.54) is 12.0 Å². The molecule has 1 aliphatic carbocycles. The smallest absolute Gasteiger partial charge is 0.269 e. The first-order chi connectivity index (χ1) is 7.75. The molecule has 1 N–H and O–H groups in total. The van der Waals surface area contributed by atoms with Gasteiger partial charge in [-0.25, -0.2) is 0 Å². The van der Waals surface area contributed by atoms with Gasteiger partial charge in [0.1, 0.15) is 0 Å². The lowest BCUT2D eigenvalue weighted by Gasteiger charge is -2.40. The Balaban J connectivity index is 1.78. The summed E-state index contributed by atoms with van der Waals surface area (Å²) in [6.45, 7) is 2.25. The molecule has 0 radical (unpaired) electrons. The molecule has 0 bridgehead atoms. The van der Waals surface area contributed by atoms with E-state index >= 15 is 0 Å². The molecule has 0 spiro atoms. The number of nitrogens with one attached hydrogen (secondary N) is 1. The molecule has 4 heteroatoms. The van der Waals surface area contributed by atoms with Gasteiger partial charge in [0, 0.05) is 12.1 Å². The van der Waals surface area contributed by atoms with Crippen LogP contribution in [0.3, 0.4) is 0 Å². The second-order valence-electron chi connectivity index (χ2n) is 4.77. The molecule has 1 saturated heterocycles. The summed E-state index contributed by atoms with van der Waals surface area (Å²) in [6.07, 6.45) is 1.23. The zero-order valence-corrected chi connectivity index (χ0v) is 8.93. The molecule has 0 unspecified atom stereocenters. The van der Waals surface area contributed by atoms with Gasteiger partial charge in [-0.05, 0) is 42.8 Å². The lowest BCUT2D eigenvalue weighted by atomic mass is 9.64. The van der Waals surface area contributed by atoms with Crippen molar-refractivity contribution in [3.05, 3.63) is 39.9 Å². The highest BCUT2D eigenvalue weighted by molar-refractivity contribution is 5.36. The minimum atomic E-state index is -0.343. The average Bonchev–Trinajstić information content (AvgIpc) is 2.61. The third-order valence-corrected chi connectivity index (χ3v) is 4.00. The van der Waals surface area contributed by atoms with Gasteiger partial charge in [-0.3, -0.25) is 10.1 Å². The van der Waals surface area contributed by atoms with Crippen LogP contribution in [0.1, 0.15) is 17.9 Å². The quantitative estimate of drug-likeness (QED) is 0.609. The maximum atomic E-state index is 10.5. The minimum absolute atomic E-state index is 0.184. The summed E-state index contributed by atoms with van der Waals surface area (Å²) < 4.78 is 0. The number of non-ortho nitro benzene ring substituents is 1. The molecule has 2 fully saturated rings. The van der Waals surface area contributed by atoms with Crippen LogP contribution < -0.4 is 5.32 Å². The normalized spacial score (nSPS) is 31.9. The maximum Gasteiger partial charge on any atom is 0.269 e. The Morgan fingerprint density at radius 2 is 2.00 bits per heavy atom. The molecule has 1 aliphatic heterocycles. The number of hydrogen-bond donors (Lipinski definition) is 1. The molecule has 0 aromatic heterocycles. The van der Waals surface area contributed by atoms with Gasteiger partial charge in [-0.1, -0.05) is 12.1 Å². The number of hydrogen-bond acceptors (Lipinski definition) is 3. The van der Waals surface area contributed by atoms with E-state index in [2.05, 4.69) is 5.32 Å². The largest absolute Gasteiger partial charge is 0.316 e. The van der Waals surface area contributed by atoms with Crippen molar-refractivity contribution in [2.75, 3.05) is 13.1 Å². The average molecular weight is 218 g/mol. The van der Waals surface area contributed by atoms with Crippen molar-refractivity contribution < 1.29 is 4.92 Å². The lowest BCUT2D eigenvalue weighted by Crippen LogP contribution is -2.33.